The van der Waals surface area contributed by atoms with Gasteiger partial charge in [0.05, 0.1) is 0 Å². The predicted molar refractivity (Wildman–Crippen MR) is 125 cm³/mol. The van der Waals surface area contributed by atoms with E-state index in [9.17, 15) is 4.79 Å². The minimum absolute atomic E-state index is 0. The highest BCUT2D eigenvalue weighted by Gasteiger charge is 2.26. The predicted octanol–water partition coefficient (Wildman–Crippen LogP) is 3.25. The molecule has 0 radical (unpaired) electrons. The Morgan fingerprint density at radius 2 is 1.94 bits per heavy atom. The normalized spacial score (nSPS) is 14.5. The van der Waals surface area contributed by atoms with Crippen molar-refractivity contribution in [2.45, 2.75) is 25.3 Å². The summed E-state index contributed by atoms with van der Waals surface area (Å²) in [5.74, 6) is 0.613. The second-order valence-corrected chi connectivity index (χ2v) is 7.88. The van der Waals surface area contributed by atoms with Crippen LogP contribution in [0.15, 0.2) is 54.9 Å². The lowest BCUT2D eigenvalue weighted by Gasteiger charge is -2.37. The van der Waals surface area contributed by atoms with E-state index in [-0.39, 0.29) is 18.3 Å². The van der Waals surface area contributed by atoms with Crippen LogP contribution < -0.4 is 5.73 Å². The molecule has 0 unspecified atom stereocenters. The van der Waals surface area contributed by atoms with Gasteiger partial charge in [-0.1, -0.05) is 30.3 Å². The number of aromatic nitrogens is 3. The number of nitrogen functional groups attached to an aromatic ring is 1. The zero-order valence-corrected chi connectivity index (χ0v) is 18.5. The fraction of sp³-hybridized carbons (Fsp3) is 0.348. The van der Waals surface area contributed by atoms with E-state index < -0.39 is 0 Å². The molecular weight excluding hydrogens is 412 g/mol. The highest BCUT2D eigenvalue weighted by Crippen LogP contribution is 2.25. The van der Waals surface area contributed by atoms with E-state index in [4.69, 9.17) is 5.73 Å². The van der Waals surface area contributed by atoms with Crippen molar-refractivity contribution in [3.05, 3.63) is 66.0 Å². The summed E-state index contributed by atoms with van der Waals surface area (Å²) in [6.07, 6.45) is 4.45. The molecule has 1 amide bonds. The smallest absolute Gasteiger partial charge is 0.253 e. The third kappa shape index (κ3) is 5.42. The van der Waals surface area contributed by atoms with Gasteiger partial charge in [0.25, 0.3) is 5.91 Å². The summed E-state index contributed by atoms with van der Waals surface area (Å²) in [7, 11) is 2.19. The molecule has 3 aromatic rings. The zero-order chi connectivity index (χ0) is 20.9. The summed E-state index contributed by atoms with van der Waals surface area (Å²) in [6, 6.07) is 16.4. The molecule has 4 rings (SSSR count). The van der Waals surface area contributed by atoms with Crippen LogP contribution in [0, 0.1) is 0 Å². The monoisotopic (exact) mass is 440 g/mol. The Balaban J connectivity index is 0.00000272. The summed E-state index contributed by atoms with van der Waals surface area (Å²) in [6.45, 7) is 2.56. The van der Waals surface area contributed by atoms with Gasteiger partial charge in [-0.05, 0) is 50.1 Å². The van der Waals surface area contributed by atoms with Crippen molar-refractivity contribution in [2.75, 3.05) is 32.4 Å². The van der Waals surface area contributed by atoms with Crippen LogP contribution in [0.4, 0.5) is 5.69 Å². The van der Waals surface area contributed by atoms with E-state index in [1.54, 1.807) is 18.2 Å². The number of aromatic amines is 1. The highest BCUT2D eigenvalue weighted by molar-refractivity contribution is 5.96. The van der Waals surface area contributed by atoms with Crippen molar-refractivity contribution in [1.29, 1.82) is 0 Å². The number of benzene rings is 2. The number of likely N-dealkylation sites (tertiary alicyclic amines) is 1. The molecule has 1 fully saturated rings. The zero-order valence-electron chi connectivity index (χ0n) is 17.7. The first kappa shape index (κ1) is 22.8. The molecule has 0 saturated carbocycles. The van der Waals surface area contributed by atoms with Crippen LogP contribution in [0.3, 0.4) is 0 Å². The molecule has 1 aromatic heterocycles. The number of hydrogen-bond acceptors (Lipinski definition) is 5. The quantitative estimate of drug-likeness (QED) is 0.574. The summed E-state index contributed by atoms with van der Waals surface area (Å²) >= 11 is 0. The molecule has 0 aliphatic carbocycles. The van der Waals surface area contributed by atoms with Gasteiger partial charge in [0.15, 0.2) is 5.82 Å². The Labute approximate surface area is 189 Å². The lowest BCUT2D eigenvalue weighted by molar-refractivity contribution is 0.0647. The molecule has 7 nitrogen and oxygen atoms in total. The SMILES string of the molecule is CN(CCc1ccccc1)C1CCN(C(=O)c2ccc(N)c(-c3ncn[nH]3)c2)CC1.Cl. The molecule has 0 bridgehead atoms. The Hall–Kier alpha value is -2.90. The van der Waals surface area contributed by atoms with E-state index in [0.717, 1.165) is 38.9 Å². The summed E-state index contributed by atoms with van der Waals surface area (Å²) in [5, 5.41) is 6.68. The number of H-pyrrole nitrogens is 1. The number of anilines is 1. The molecule has 0 spiro atoms. The fourth-order valence-electron chi connectivity index (χ4n) is 4.05. The van der Waals surface area contributed by atoms with Gasteiger partial charge in [-0.15, -0.1) is 12.4 Å². The molecule has 0 atom stereocenters. The van der Waals surface area contributed by atoms with Gasteiger partial charge in [0, 0.05) is 42.5 Å². The van der Waals surface area contributed by atoms with E-state index in [1.165, 1.54) is 11.9 Å². The van der Waals surface area contributed by atoms with E-state index >= 15 is 0 Å². The topological polar surface area (TPSA) is 91.1 Å². The molecule has 2 heterocycles. The molecule has 31 heavy (non-hydrogen) atoms. The van der Waals surface area contributed by atoms with E-state index in [0.29, 0.717) is 28.7 Å². The molecule has 164 valence electrons. The fourth-order valence-corrected chi connectivity index (χ4v) is 4.05. The standard InChI is InChI=1S/C23H28N6O.ClH/c1-28(12-9-17-5-3-2-4-6-17)19-10-13-29(14-11-19)23(30)18-7-8-21(24)20(15-18)22-25-16-26-27-22;/h2-8,15-16,19H,9-14,24H2,1H3,(H,25,26,27);1H. The lowest BCUT2D eigenvalue weighted by Crippen LogP contribution is -2.46. The largest absolute Gasteiger partial charge is 0.398 e. The summed E-state index contributed by atoms with van der Waals surface area (Å²) in [5.41, 5.74) is 9.33. The number of piperidine rings is 1. The first-order chi connectivity index (χ1) is 14.6. The minimum atomic E-state index is 0. The number of rotatable bonds is 6. The van der Waals surface area contributed by atoms with Gasteiger partial charge >= 0.3 is 0 Å². The van der Waals surface area contributed by atoms with Crippen LogP contribution in [0.5, 0.6) is 0 Å². The third-order valence-electron chi connectivity index (χ3n) is 5.94. The van der Waals surface area contributed by atoms with Crippen LogP contribution in [-0.4, -0.2) is 63.6 Å². The van der Waals surface area contributed by atoms with Gasteiger partial charge in [-0.25, -0.2) is 4.98 Å². The first-order valence-corrected chi connectivity index (χ1v) is 10.4. The molecule has 2 aromatic carbocycles. The first-order valence-electron chi connectivity index (χ1n) is 10.4. The van der Waals surface area contributed by atoms with Crippen LogP contribution in [0.2, 0.25) is 0 Å². The van der Waals surface area contributed by atoms with Gasteiger partial charge in [0.1, 0.15) is 6.33 Å². The molecule has 1 aliphatic heterocycles. The average molecular weight is 441 g/mol. The van der Waals surface area contributed by atoms with E-state index in [2.05, 4.69) is 57.5 Å². The Morgan fingerprint density at radius 1 is 1.19 bits per heavy atom. The van der Waals surface area contributed by atoms with Gasteiger partial charge < -0.3 is 15.5 Å². The maximum atomic E-state index is 13.0. The third-order valence-corrected chi connectivity index (χ3v) is 5.94. The van der Waals surface area contributed by atoms with Gasteiger partial charge in [0.2, 0.25) is 0 Å². The molecule has 1 aliphatic rings. The molecule has 1 saturated heterocycles. The van der Waals surface area contributed by atoms with Crippen LogP contribution in [-0.2, 0) is 6.42 Å². The Kier molecular flexibility index (Phi) is 7.65. The van der Waals surface area contributed by atoms with Gasteiger partial charge in [-0.3, -0.25) is 9.89 Å². The highest BCUT2D eigenvalue weighted by atomic mass is 35.5. The summed E-state index contributed by atoms with van der Waals surface area (Å²) < 4.78 is 0. The number of hydrogen-bond donors (Lipinski definition) is 2. The number of carbonyl (C=O) groups excluding carboxylic acids is 1. The summed E-state index contributed by atoms with van der Waals surface area (Å²) in [4.78, 5) is 21.6. The van der Waals surface area contributed by atoms with Crippen molar-refractivity contribution in [3.63, 3.8) is 0 Å². The lowest BCUT2D eigenvalue weighted by atomic mass is 10.0. The number of halogens is 1. The second-order valence-electron chi connectivity index (χ2n) is 7.88. The number of likely N-dealkylation sites (N-methyl/N-ethyl adjacent to an activating group) is 1. The minimum Gasteiger partial charge on any atom is -0.398 e. The molecule has 8 heteroatoms. The van der Waals surface area contributed by atoms with Crippen molar-refractivity contribution in [2.24, 2.45) is 0 Å². The number of carbonyl (C=O) groups is 1. The van der Waals surface area contributed by atoms with E-state index in [1.807, 2.05) is 4.90 Å². The Morgan fingerprint density at radius 3 is 2.61 bits per heavy atom. The van der Waals surface area contributed by atoms with Crippen molar-refractivity contribution >= 4 is 24.0 Å². The van der Waals surface area contributed by atoms with Crippen molar-refractivity contribution in [3.8, 4) is 11.4 Å². The molecule has 3 N–H and O–H groups in total. The average Bonchev–Trinajstić information content (AvgIpc) is 3.33. The van der Waals surface area contributed by atoms with Crippen molar-refractivity contribution in [1.82, 2.24) is 25.0 Å². The number of amides is 1. The maximum absolute atomic E-state index is 13.0. The van der Waals surface area contributed by atoms with Crippen LogP contribution in [0.25, 0.3) is 11.4 Å². The number of nitrogens with two attached hydrogens (primary N) is 1. The van der Waals surface area contributed by atoms with Gasteiger partial charge in [-0.2, -0.15) is 5.10 Å². The van der Waals surface area contributed by atoms with Crippen LogP contribution in [0.1, 0.15) is 28.8 Å². The van der Waals surface area contributed by atoms with Crippen LogP contribution >= 0.6 is 12.4 Å². The van der Waals surface area contributed by atoms with Crippen molar-refractivity contribution < 1.29 is 4.79 Å². The second kappa shape index (κ2) is 10.4. The Bertz CT molecular complexity index is 971. The number of nitrogens with zero attached hydrogens (tertiary/aromatic N) is 4. The maximum Gasteiger partial charge on any atom is 0.253 e. The molecular formula is C23H29ClN6O. The number of nitrogens with one attached hydrogen (secondary N) is 1.